The van der Waals surface area contributed by atoms with E-state index in [9.17, 15) is 9.18 Å². The zero-order valence-corrected chi connectivity index (χ0v) is 12.4. The van der Waals surface area contributed by atoms with Gasteiger partial charge in [-0.3, -0.25) is 4.79 Å². The van der Waals surface area contributed by atoms with Crippen LogP contribution in [0, 0.1) is 11.7 Å². The molecule has 0 aliphatic carbocycles. The van der Waals surface area contributed by atoms with Crippen molar-refractivity contribution in [2.24, 2.45) is 11.7 Å². The number of nitrogens with one attached hydrogen (secondary N) is 1. The van der Waals surface area contributed by atoms with Crippen LogP contribution in [0.4, 0.5) is 4.39 Å². The molecule has 20 heavy (non-hydrogen) atoms. The monoisotopic (exact) mass is 282 g/mol. The molecular weight excluding hydrogens is 259 g/mol. The van der Waals surface area contributed by atoms with Crippen LogP contribution in [0.1, 0.15) is 38.8 Å². The number of nitrogens with two attached hydrogens (primary N) is 1. The van der Waals surface area contributed by atoms with Crippen LogP contribution in [0.25, 0.3) is 0 Å². The Labute approximate surface area is 119 Å². The lowest BCUT2D eigenvalue weighted by Gasteiger charge is -2.22. The van der Waals surface area contributed by atoms with E-state index in [4.69, 9.17) is 10.5 Å². The van der Waals surface area contributed by atoms with Gasteiger partial charge in [0.1, 0.15) is 11.6 Å². The third-order valence-electron chi connectivity index (χ3n) is 3.58. The summed E-state index contributed by atoms with van der Waals surface area (Å²) in [5.74, 6) is 0.0270. The van der Waals surface area contributed by atoms with Crippen molar-refractivity contribution in [2.75, 3.05) is 7.11 Å². The molecule has 0 spiro atoms. The third kappa shape index (κ3) is 3.93. The lowest BCUT2D eigenvalue weighted by Crippen LogP contribution is -2.45. The Kier molecular flexibility index (Phi) is 5.95. The Bertz CT molecular complexity index is 465. The number of benzene rings is 1. The number of ether oxygens (including phenoxy) is 1. The molecule has 4 nitrogen and oxygen atoms in total. The van der Waals surface area contributed by atoms with Gasteiger partial charge in [0.2, 0.25) is 5.91 Å². The summed E-state index contributed by atoms with van der Waals surface area (Å²) >= 11 is 0. The van der Waals surface area contributed by atoms with Crippen LogP contribution >= 0.6 is 0 Å². The van der Waals surface area contributed by atoms with Gasteiger partial charge in [-0.05, 0) is 31.0 Å². The average molecular weight is 282 g/mol. The minimum atomic E-state index is -0.568. The molecule has 0 saturated carbocycles. The van der Waals surface area contributed by atoms with E-state index in [0.717, 1.165) is 6.42 Å². The molecule has 1 rings (SSSR count). The second-order valence-corrected chi connectivity index (χ2v) is 5.03. The molecule has 1 aromatic rings. The molecule has 0 fully saturated rings. The molecule has 0 aromatic heterocycles. The number of hydrogen-bond donors (Lipinski definition) is 2. The fraction of sp³-hybridized carbons (Fsp3) is 0.533. The van der Waals surface area contributed by atoms with E-state index in [1.54, 1.807) is 13.0 Å². The molecule has 0 radical (unpaired) electrons. The lowest BCUT2D eigenvalue weighted by molar-refractivity contribution is -0.124. The zero-order valence-electron chi connectivity index (χ0n) is 12.4. The first-order chi connectivity index (χ1) is 9.40. The van der Waals surface area contributed by atoms with Crippen LogP contribution < -0.4 is 15.8 Å². The Hall–Kier alpha value is -1.62. The van der Waals surface area contributed by atoms with Crippen molar-refractivity contribution in [2.45, 2.75) is 39.3 Å². The molecule has 0 heterocycles. The van der Waals surface area contributed by atoms with Gasteiger partial charge in [-0.2, -0.15) is 0 Å². The van der Waals surface area contributed by atoms with Gasteiger partial charge in [-0.15, -0.1) is 0 Å². The first-order valence-electron chi connectivity index (χ1n) is 6.80. The number of hydrogen-bond acceptors (Lipinski definition) is 3. The molecule has 1 amide bonds. The number of halogens is 1. The Morgan fingerprint density at radius 1 is 1.45 bits per heavy atom. The van der Waals surface area contributed by atoms with E-state index in [1.165, 1.54) is 19.2 Å². The van der Waals surface area contributed by atoms with E-state index in [0.29, 0.717) is 11.3 Å². The molecule has 0 aliphatic rings. The number of rotatable bonds is 6. The summed E-state index contributed by atoms with van der Waals surface area (Å²) in [4.78, 5) is 12.0. The molecule has 0 saturated heterocycles. The SMILES string of the molecule is CCC(C)[C@H](N)C(=O)NC(C)c1cc(F)ccc1OC. The van der Waals surface area contributed by atoms with E-state index in [2.05, 4.69) is 5.32 Å². The van der Waals surface area contributed by atoms with Crippen molar-refractivity contribution in [3.8, 4) is 5.75 Å². The molecular formula is C15H23FN2O2. The first-order valence-corrected chi connectivity index (χ1v) is 6.80. The number of carbonyl (C=O) groups excluding carboxylic acids is 1. The summed E-state index contributed by atoms with van der Waals surface area (Å²) in [7, 11) is 1.51. The van der Waals surface area contributed by atoms with Crippen LogP contribution in [-0.4, -0.2) is 19.1 Å². The summed E-state index contributed by atoms with van der Waals surface area (Å²) in [6.07, 6.45) is 0.826. The van der Waals surface area contributed by atoms with Gasteiger partial charge in [0, 0.05) is 5.56 Å². The molecule has 0 bridgehead atoms. The van der Waals surface area contributed by atoms with Crippen LogP contribution in [-0.2, 0) is 4.79 Å². The van der Waals surface area contributed by atoms with Crippen LogP contribution in [0.3, 0.4) is 0 Å². The fourth-order valence-electron chi connectivity index (χ4n) is 1.94. The Morgan fingerprint density at radius 3 is 2.65 bits per heavy atom. The normalized spacial score (nSPS) is 15.3. The fourth-order valence-corrected chi connectivity index (χ4v) is 1.94. The van der Waals surface area contributed by atoms with E-state index in [-0.39, 0.29) is 23.7 Å². The van der Waals surface area contributed by atoms with Gasteiger partial charge in [0.05, 0.1) is 19.2 Å². The molecule has 5 heteroatoms. The zero-order chi connectivity index (χ0) is 15.3. The maximum Gasteiger partial charge on any atom is 0.237 e. The van der Waals surface area contributed by atoms with Gasteiger partial charge in [-0.25, -0.2) is 4.39 Å². The Morgan fingerprint density at radius 2 is 2.10 bits per heavy atom. The van der Waals surface area contributed by atoms with Gasteiger partial charge in [-0.1, -0.05) is 20.3 Å². The van der Waals surface area contributed by atoms with Crippen molar-refractivity contribution in [1.29, 1.82) is 0 Å². The maximum atomic E-state index is 13.3. The molecule has 3 atom stereocenters. The Balaban J connectivity index is 2.83. The van der Waals surface area contributed by atoms with Crippen LogP contribution in [0.2, 0.25) is 0 Å². The van der Waals surface area contributed by atoms with Gasteiger partial charge in [0.15, 0.2) is 0 Å². The molecule has 3 N–H and O–H groups in total. The summed E-state index contributed by atoms with van der Waals surface area (Å²) in [5.41, 5.74) is 6.48. The molecule has 0 aliphatic heterocycles. The molecule has 1 aromatic carbocycles. The smallest absolute Gasteiger partial charge is 0.237 e. The molecule has 112 valence electrons. The minimum absolute atomic E-state index is 0.0941. The predicted molar refractivity (Wildman–Crippen MR) is 76.9 cm³/mol. The number of methoxy groups -OCH3 is 1. The quantitative estimate of drug-likeness (QED) is 0.842. The van der Waals surface area contributed by atoms with Gasteiger partial charge >= 0.3 is 0 Å². The predicted octanol–water partition coefficient (Wildman–Crippen LogP) is 2.38. The highest BCUT2D eigenvalue weighted by Crippen LogP contribution is 2.26. The van der Waals surface area contributed by atoms with Gasteiger partial charge < -0.3 is 15.8 Å². The van der Waals surface area contributed by atoms with E-state index < -0.39 is 6.04 Å². The van der Waals surface area contributed by atoms with E-state index >= 15 is 0 Å². The highest BCUT2D eigenvalue weighted by atomic mass is 19.1. The second-order valence-electron chi connectivity index (χ2n) is 5.03. The van der Waals surface area contributed by atoms with Crippen molar-refractivity contribution < 1.29 is 13.9 Å². The summed E-state index contributed by atoms with van der Waals surface area (Å²) in [5, 5.41) is 2.80. The van der Waals surface area contributed by atoms with Crippen LogP contribution in [0.15, 0.2) is 18.2 Å². The lowest BCUT2D eigenvalue weighted by atomic mass is 9.98. The third-order valence-corrected chi connectivity index (χ3v) is 3.58. The standard InChI is InChI=1S/C15H23FN2O2/c1-5-9(2)14(17)15(19)18-10(3)12-8-11(16)6-7-13(12)20-4/h6-10,14H,5,17H2,1-4H3,(H,18,19)/t9?,10?,14-/m0/s1. The highest BCUT2D eigenvalue weighted by molar-refractivity contribution is 5.82. The topological polar surface area (TPSA) is 64.4 Å². The first kappa shape index (κ1) is 16.4. The number of carbonyl (C=O) groups is 1. The van der Waals surface area contributed by atoms with E-state index in [1.807, 2.05) is 13.8 Å². The molecule has 2 unspecified atom stereocenters. The summed E-state index contributed by atoms with van der Waals surface area (Å²) < 4.78 is 18.5. The van der Waals surface area contributed by atoms with Crippen molar-refractivity contribution in [1.82, 2.24) is 5.32 Å². The largest absolute Gasteiger partial charge is 0.496 e. The summed E-state index contributed by atoms with van der Waals surface area (Å²) in [6.45, 7) is 5.69. The van der Waals surface area contributed by atoms with Crippen LogP contribution in [0.5, 0.6) is 5.75 Å². The highest BCUT2D eigenvalue weighted by Gasteiger charge is 2.22. The maximum absolute atomic E-state index is 13.3. The van der Waals surface area contributed by atoms with Gasteiger partial charge in [0.25, 0.3) is 0 Å². The van der Waals surface area contributed by atoms with Crippen molar-refractivity contribution >= 4 is 5.91 Å². The minimum Gasteiger partial charge on any atom is -0.496 e. The average Bonchev–Trinajstić information content (AvgIpc) is 2.45. The second kappa shape index (κ2) is 7.24. The van der Waals surface area contributed by atoms with Crippen molar-refractivity contribution in [3.63, 3.8) is 0 Å². The van der Waals surface area contributed by atoms with Crippen molar-refractivity contribution in [3.05, 3.63) is 29.6 Å². The summed E-state index contributed by atoms with van der Waals surface area (Å²) in [6, 6.07) is 3.28. The number of amides is 1.